The van der Waals surface area contributed by atoms with Crippen molar-refractivity contribution in [1.29, 1.82) is 0 Å². The van der Waals surface area contributed by atoms with Gasteiger partial charge in [-0.25, -0.2) is 14.4 Å². The lowest BCUT2D eigenvalue weighted by Crippen LogP contribution is -2.32. The van der Waals surface area contributed by atoms with Crippen LogP contribution in [0.15, 0.2) is 60.9 Å². The number of carboxylic acid groups (broad SMARTS) is 1. The first kappa shape index (κ1) is 17.5. The van der Waals surface area contributed by atoms with Gasteiger partial charge in [0.25, 0.3) is 0 Å². The monoisotopic (exact) mass is 353 g/mol. The van der Waals surface area contributed by atoms with E-state index in [2.05, 4.69) is 9.97 Å². The highest BCUT2D eigenvalue weighted by Crippen LogP contribution is 2.25. The Balaban J connectivity index is 1.77. The van der Waals surface area contributed by atoms with E-state index in [1.54, 1.807) is 42.5 Å². The summed E-state index contributed by atoms with van der Waals surface area (Å²) in [6.45, 7) is 0. The van der Waals surface area contributed by atoms with E-state index in [0.717, 1.165) is 11.1 Å². The molecule has 0 fully saturated rings. The van der Waals surface area contributed by atoms with Crippen LogP contribution in [0.4, 0.5) is 4.39 Å². The Bertz CT molecular complexity index is 916. The lowest BCUT2D eigenvalue weighted by Gasteiger charge is -2.09. The highest BCUT2D eigenvalue weighted by Gasteiger charge is 2.12. The molecular formula is C19H16FN3O3. The molecule has 0 spiro atoms. The van der Waals surface area contributed by atoms with Gasteiger partial charge in [0.15, 0.2) is 11.6 Å². The van der Waals surface area contributed by atoms with Crippen molar-refractivity contribution in [2.75, 3.05) is 0 Å². The Morgan fingerprint density at radius 1 is 1.15 bits per heavy atom. The predicted octanol–water partition coefficient (Wildman–Crippen LogP) is 3.03. The van der Waals surface area contributed by atoms with Crippen LogP contribution in [0.25, 0.3) is 11.3 Å². The van der Waals surface area contributed by atoms with Crippen molar-refractivity contribution >= 4 is 5.97 Å². The maximum absolute atomic E-state index is 13.7. The minimum atomic E-state index is -1.04. The number of aliphatic carboxylic acids is 1. The largest absolute Gasteiger partial charge is 0.480 e. The van der Waals surface area contributed by atoms with Gasteiger partial charge in [0.2, 0.25) is 5.88 Å². The average molecular weight is 353 g/mol. The molecular weight excluding hydrogens is 337 g/mol. The van der Waals surface area contributed by atoms with Gasteiger partial charge in [0, 0.05) is 11.6 Å². The normalized spacial score (nSPS) is 11.8. The van der Waals surface area contributed by atoms with Gasteiger partial charge in [-0.1, -0.05) is 36.4 Å². The lowest BCUT2D eigenvalue weighted by molar-refractivity contribution is -0.138. The number of aromatic nitrogens is 2. The van der Waals surface area contributed by atoms with E-state index in [1.165, 1.54) is 18.5 Å². The number of para-hydroxylation sites is 1. The molecule has 0 saturated heterocycles. The molecule has 0 aliphatic carbocycles. The van der Waals surface area contributed by atoms with Crippen LogP contribution in [0.1, 0.15) is 5.56 Å². The summed E-state index contributed by atoms with van der Waals surface area (Å²) in [4.78, 5) is 19.0. The van der Waals surface area contributed by atoms with Gasteiger partial charge >= 0.3 is 5.97 Å². The molecule has 0 bridgehead atoms. The van der Waals surface area contributed by atoms with E-state index >= 15 is 0 Å². The minimum absolute atomic E-state index is 0.0788. The van der Waals surface area contributed by atoms with Crippen molar-refractivity contribution in [3.63, 3.8) is 0 Å². The number of carbonyl (C=O) groups is 1. The summed E-state index contributed by atoms with van der Waals surface area (Å²) in [5.41, 5.74) is 7.73. The van der Waals surface area contributed by atoms with Crippen molar-refractivity contribution in [2.24, 2.45) is 5.73 Å². The van der Waals surface area contributed by atoms with Crippen molar-refractivity contribution in [1.82, 2.24) is 9.97 Å². The number of nitrogens with zero attached hydrogens (tertiary/aromatic N) is 2. The molecule has 26 heavy (non-hydrogen) atoms. The van der Waals surface area contributed by atoms with Crippen LogP contribution in [0.2, 0.25) is 0 Å². The number of hydrogen-bond acceptors (Lipinski definition) is 5. The van der Waals surface area contributed by atoms with Gasteiger partial charge < -0.3 is 15.6 Å². The van der Waals surface area contributed by atoms with E-state index in [9.17, 15) is 9.18 Å². The quantitative estimate of drug-likeness (QED) is 0.707. The van der Waals surface area contributed by atoms with Gasteiger partial charge in [-0.2, -0.15) is 0 Å². The average Bonchev–Trinajstić information content (AvgIpc) is 2.64. The molecule has 1 atom stereocenters. The SMILES string of the molecule is NC(Cc1ccc(-c2cc(Oc3ccccc3F)ncn2)cc1)C(=O)O. The number of benzene rings is 2. The molecule has 3 aromatic rings. The molecule has 0 amide bonds. The van der Waals surface area contributed by atoms with Crippen molar-refractivity contribution in [2.45, 2.75) is 12.5 Å². The zero-order chi connectivity index (χ0) is 18.5. The van der Waals surface area contributed by atoms with Crippen LogP contribution in [-0.4, -0.2) is 27.1 Å². The number of halogens is 1. The number of carboxylic acids is 1. The van der Waals surface area contributed by atoms with E-state index in [-0.39, 0.29) is 18.1 Å². The molecule has 0 aliphatic heterocycles. The van der Waals surface area contributed by atoms with Gasteiger partial charge in [-0.3, -0.25) is 4.79 Å². The van der Waals surface area contributed by atoms with Crippen LogP contribution < -0.4 is 10.5 Å². The predicted molar refractivity (Wildman–Crippen MR) is 93.3 cm³/mol. The summed E-state index contributed by atoms with van der Waals surface area (Å²) >= 11 is 0. The molecule has 6 nitrogen and oxygen atoms in total. The Hall–Kier alpha value is -3.32. The molecule has 2 aromatic carbocycles. The van der Waals surface area contributed by atoms with Gasteiger partial charge in [-0.05, 0) is 24.1 Å². The number of rotatable bonds is 6. The Kier molecular flexibility index (Phi) is 5.19. The topological polar surface area (TPSA) is 98.3 Å². The van der Waals surface area contributed by atoms with Crippen LogP contribution in [0.5, 0.6) is 11.6 Å². The maximum atomic E-state index is 13.7. The Labute approximate surface area is 149 Å². The van der Waals surface area contributed by atoms with Crippen LogP contribution in [0, 0.1) is 5.82 Å². The fourth-order valence-electron chi connectivity index (χ4n) is 2.35. The number of hydrogen-bond donors (Lipinski definition) is 2. The van der Waals surface area contributed by atoms with E-state index in [0.29, 0.717) is 5.69 Å². The van der Waals surface area contributed by atoms with E-state index < -0.39 is 17.8 Å². The van der Waals surface area contributed by atoms with Crippen molar-refractivity contribution in [3.8, 4) is 22.9 Å². The fourth-order valence-corrected chi connectivity index (χ4v) is 2.35. The smallest absolute Gasteiger partial charge is 0.320 e. The van der Waals surface area contributed by atoms with Gasteiger partial charge in [0.1, 0.15) is 12.4 Å². The summed E-state index contributed by atoms with van der Waals surface area (Å²) in [6.07, 6.45) is 1.57. The third kappa shape index (κ3) is 4.20. The summed E-state index contributed by atoms with van der Waals surface area (Å²) in [7, 11) is 0. The molecule has 1 unspecified atom stereocenters. The van der Waals surface area contributed by atoms with Crippen LogP contribution in [0.3, 0.4) is 0 Å². The zero-order valence-electron chi connectivity index (χ0n) is 13.7. The Morgan fingerprint density at radius 2 is 1.88 bits per heavy atom. The van der Waals surface area contributed by atoms with Crippen LogP contribution in [-0.2, 0) is 11.2 Å². The molecule has 0 aliphatic rings. The number of ether oxygens (including phenoxy) is 1. The molecule has 0 saturated carbocycles. The minimum Gasteiger partial charge on any atom is -0.480 e. The summed E-state index contributed by atoms with van der Waals surface area (Å²) in [5.74, 6) is -1.22. The standard InChI is InChI=1S/C19H16FN3O3/c20-14-3-1-2-4-17(14)26-18-10-16(22-11-23-18)13-7-5-12(6-8-13)9-15(21)19(24)25/h1-8,10-11,15H,9,21H2,(H,24,25). The van der Waals surface area contributed by atoms with E-state index in [1.807, 2.05) is 0 Å². The highest BCUT2D eigenvalue weighted by atomic mass is 19.1. The fraction of sp³-hybridized carbons (Fsp3) is 0.105. The van der Waals surface area contributed by atoms with Crippen molar-refractivity contribution in [3.05, 3.63) is 72.3 Å². The third-order valence-electron chi connectivity index (χ3n) is 3.72. The van der Waals surface area contributed by atoms with Gasteiger partial charge in [-0.15, -0.1) is 0 Å². The summed E-state index contributed by atoms with van der Waals surface area (Å²) < 4.78 is 19.1. The molecule has 1 aromatic heterocycles. The zero-order valence-corrected chi connectivity index (χ0v) is 13.7. The number of nitrogens with two attached hydrogens (primary N) is 1. The second kappa shape index (κ2) is 7.71. The maximum Gasteiger partial charge on any atom is 0.320 e. The molecule has 132 valence electrons. The molecule has 1 heterocycles. The lowest BCUT2D eigenvalue weighted by atomic mass is 10.0. The van der Waals surface area contributed by atoms with E-state index in [4.69, 9.17) is 15.6 Å². The first-order valence-electron chi connectivity index (χ1n) is 7.85. The third-order valence-corrected chi connectivity index (χ3v) is 3.72. The second-order valence-corrected chi connectivity index (χ2v) is 5.62. The van der Waals surface area contributed by atoms with Crippen molar-refractivity contribution < 1.29 is 19.0 Å². The highest BCUT2D eigenvalue weighted by molar-refractivity contribution is 5.73. The van der Waals surface area contributed by atoms with Crippen LogP contribution >= 0.6 is 0 Å². The molecule has 3 N–H and O–H groups in total. The molecule has 7 heteroatoms. The first-order chi connectivity index (χ1) is 12.5. The molecule has 0 radical (unpaired) electrons. The summed E-state index contributed by atoms with van der Waals surface area (Å²) in [6, 6.07) is 13.9. The molecule has 3 rings (SSSR count). The summed E-state index contributed by atoms with van der Waals surface area (Å²) in [5, 5.41) is 8.86. The Morgan fingerprint density at radius 3 is 2.58 bits per heavy atom. The first-order valence-corrected chi connectivity index (χ1v) is 7.85. The second-order valence-electron chi connectivity index (χ2n) is 5.62. The van der Waals surface area contributed by atoms with Gasteiger partial charge in [0.05, 0.1) is 5.69 Å².